The van der Waals surface area contributed by atoms with Gasteiger partial charge in [-0.15, -0.1) is 0 Å². The van der Waals surface area contributed by atoms with E-state index in [0.717, 1.165) is 4.47 Å². The molecule has 0 saturated carbocycles. The summed E-state index contributed by atoms with van der Waals surface area (Å²) in [7, 11) is 0. The summed E-state index contributed by atoms with van der Waals surface area (Å²) < 4.78 is 1.16. The first-order valence-corrected chi connectivity index (χ1v) is 6.05. The molecule has 0 nitrogen and oxygen atoms in total. The average molecular weight is 273 g/mol. The predicted octanol–water partition coefficient (Wildman–Crippen LogP) is 4.93. The molecule has 16 heavy (non-hydrogen) atoms. The first kappa shape index (κ1) is 11.2. The van der Waals surface area contributed by atoms with Crippen molar-refractivity contribution in [3.05, 3.63) is 69.7 Å². The van der Waals surface area contributed by atoms with Gasteiger partial charge in [0.1, 0.15) is 0 Å². The van der Waals surface area contributed by atoms with E-state index in [2.05, 4.69) is 65.3 Å². The van der Waals surface area contributed by atoms with E-state index in [4.69, 9.17) is 0 Å². The molecule has 0 radical (unpaired) electrons. The molecule has 0 aliphatic heterocycles. The van der Waals surface area contributed by atoms with Gasteiger partial charge in [0.15, 0.2) is 0 Å². The number of benzene rings is 2. The summed E-state index contributed by atoms with van der Waals surface area (Å²) in [5.41, 5.74) is 3.75. The van der Waals surface area contributed by atoms with E-state index in [1.165, 1.54) is 16.7 Å². The van der Waals surface area contributed by atoms with Crippen molar-refractivity contribution in [3.8, 4) is 0 Å². The Labute approximate surface area is 105 Å². The third-order valence-electron chi connectivity index (χ3n) is 2.56. The molecule has 2 rings (SSSR count). The highest BCUT2D eigenvalue weighted by molar-refractivity contribution is 9.10. The van der Waals surface area contributed by atoms with Crippen LogP contribution in [0.25, 0.3) is 12.2 Å². The van der Waals surface area contributed by atoms with Crippen LogP contribution >= 0.6 is 15.9 Å². The lowest BCUT2D eigenvalue weighted by Crippen LogP contribution is -1.81. The minimum Gasteiger partial charge on any atom is -0.0622 e. The molecule has 80 valence electrons. The molecule has 0 fully saturated rings. The Morgan fingerprint density at radius 2 is 1.62 bits per heavy atom. The number of hydrogen-bond donors (Lipinski definition) is 0. The van der Waals surface area contributed by atoms with Gasteiger partial charge in [0.05, 0.1) is 0 Å². The summed E-state index contributed by atoms with van der Waals surface area (Å²) in [4.78, 5) is 0. The molecule has 0 amide bonds. The van der Waals surface area contributed by atoms with Crippen molar-refractivity contribution in [1.29, 1.82) is 0 Å². The van der Waals surface area contributed by atoms with Gasteiger partial charge in [-0.05, 0) is 29.7 Å². The minimum absolute atomic E-state index is 1.16. The highest BCUT2D eigenvalue weighted by Crippen LogP contribution is 2.21. The fourth-order valence-electron chi connectivity index (χ4n) is 1.55. The maximum Gasteiger partial charge on any atom is 0.0210 e. The quantitative estimate of drug-likeness (QED) is 0.681. The maximum absolute atomic E-state index is 3.54. The zero-order chi connectivity index (χ0) is 11.4. The van der Waals surface area contributed by atoms with E-state index in [1.54, 1.807) is 0 Å². The monoisotopic (exact) mass is 272 g/mol. The van der Waals surface area contributed by atoms with Crippen LogP contribution in [0.2, 0.25) is 0 Å². The van der Waals surface area contributed by atoms with Crippen molar-refractivity contribution >= 4 is 28.1 Å². The van der Waals surface area contributed by atoms with Gasteiger partial charge in [-0.2, -0.15) is 0 Å². The van der Waals surface area contributed by atoms with Crippen molar-refractivity contribution in [3.63, 3.8) is 0 Å². The van der Waals surface area contributed by atoms with Crippen LogP contribution < -0.4 is 0 Å². The van der Waals surface area contributed by atoms with Crippen LogP contribution in [0, 0.1) is 6.92 Å². The number of rotatable bonds is 2. The molecule has 0 aromatic heterocycles. The fraction of sp³-hybridized carbons (Fsp3) is 0.0667. The van der Waals surface area contributed by atoms with Crippen LogP contribution in [0.4, 0.5) is 0 Å². The van der Waals surface area contributed by atoms with Gasteiger partial charge in [-0.25, -0.2) is 0 Å². The Hall–Kier alpha value is -1.34. The molecule has 0 spiro atoms. The van der Waals surface area contributed by atoms with Gasteiger partial charge in [0, 0.05) is 4.47 Å². The SMILES string of the molecule is Cc1c(Br)cccc1C=Cc1ccccc1. The number of halogens is 1. The lowest BCUT2D eigenvalue weighted by atomic mass is 10.1. The average Bonchev–Trinajstić information content (AvgIpc) is 2.32. The second-order valence-corrected chi connectivity index (χ2v) is 4.55. The first-order valence-electron chi connectivity index (χ1n) is 5.25. The van der Waals surface area contributed by atoms with Gasteiger partial charge >= 0.3 is 0 Å². The van der Waals surface area contributed by atoms with E-state index in [-0.39, 0.29) is 0 Å². The minimum atomic E-state index is 1.16. The Morgan fingerprint density at radius 3 is 2.38 bits per heavy atom. The van der Waals surface area contributed by atoms with Crippen LogP contribution in [0.5, 0.6) is 0 Å². The topological polar surface area (TPSA) is 0 Å². The van der Waals surface area contributed by atoms with Crippen molar-refractivity contribution in [1.82, 2.24) is 0 Å². The second-order valence-electron chi connectivity index (χ2n) is 3.70. The number of hydrogen-bond acceptors (Lipinski definition) is 0. The van der Waals surface area contributed by atoms with Gasteiger partial charge in [-0.3, -0.25) is 0 Å². The van der Waals surface area contributed by atoms with Crippen LogP contribution in [0.15, 0.2) is 53.0 Å². The Bertz CT molecular complexity index is 498. The van der Waals surface area contributed by atoms with E-state index in [0.29, 0.717) is 0 Å². The molecule has 0 aliphatic rings. The lowest BCUT2D eigenvalue weighted by molar-refractivity contribution is 1.41. The van der Waals surface area contributed by atoms with E-state index >= 15 is 0 Å². The van der Waals surface area contributed by atoms with Crippen LogP contribution in [0.3, 0.4) is 0 Å². The molecule has 0 unspecified atom stereocenters. The van der Waals surface area contributed by atoms with Gasteiger partial charge < -0.3 is 0 Å². The lowest BCUT2D eigenvalue weighted by Gasteiger charge is -2.02. The van der Waals surface area contributed by atoms with Crippen molar-refractivity contribution in [2.24, 2.45) is 0 Å². The van der Waals surface area contributed by atoms with Gasteiger partial charge in [0.25, 0.3) is 0 Å². The van der Waals surface area contributed by atoms with Gasteiger partial charge in [-0.1, -0.05) is 70.5 Å². The molecule has 2 aromatic carbocycles. The Kier molecular flexibility index (Phi) is 3.58. The normalized spacial score (nSPS) is 10.9. The zero-order valence-corrected chi connectivity index (χ0v) is 10.7. The molecule has 0 N–H and O–H groups in total. The largest absolute Gasteiger partial charge is 0.0622 e. The molecule has 2 aromatic rings. The van der Waals surface area contributed by atoms with Crippen LogP contribution in [0.1, 0.15) is 16.7 Å². The van der Waals surface area contributed by atoms with E-state index in [9.17, 15) is 0 Å². The molecule has 0 aliphatic carbocycles. The van der Waals surface area contributed by atoms with Crippen LogP contribution in [-0.4, -0.2) is 0 Å². The van der Waals surface area contributed by atoms with Crippen molar-refractivity contribution in [2.45, 2.75) is 6.92 Å². The molecular weight excluding hydrogens is 260 g/mol. The highest BCUT2D eigenvalue weighted by Gasteiger charge is 1.97. The van der Waals surface area contributed by atoms with E-state index in [1.807, 2.05) is 18.2 Å². The summed E-state index contributed by atoms with van der Waals surface area (Å²) in [6.07, 6.45) is 4.28. The molecule has 0 bridgehead atoms. The smallest absolute Gasteiger partial charge is 0.0210 e. The standard InChI is InChI=1S/C15H13Br/c1-12-14(8-5-9-15(12)16)11-10-13-6-3-2-4-7-13/h2-11H,1H3. The van der Waals surface area contributed by atoms with Crippen molar-refractivity contribution < 1.29 is 0 Å². The van der Waals surface area contributed by atoms with Crippen LogP contribution in [-0.2, 0) is 0 Å². The maximum atomic E-state index is 3.54. The molecule has 0 atom stereocenters. The first-order chi connectivity index (χ1) is 7.77. The molecule has 1 heteroatoms. The van der Waals surface area contributed by atoms with E-state index < -0.39 is 0 Å². The summed E-state index contributed by atoms with van der Waals surface area (Å²) >= 11 is 3.54. The fourth-order valence-corrected chi connectivity index (χ4v) is 1.94. The summed E-state index contributed by atoms with van der Waals surface area (Å²) in [6, 6.07) is 16.6. The third-order valence-corrected chi connectivity index (χ3v) is 3.42. The summed E-state index contributed by atoms with van der Waals surface area (Å²) in [5, 5.41) is 0. The second kappa shape index (κ2) is 5.13. The van der Waals surface area contributed by atoms with Crippen molar-refractivity contribution in [2.75, 3.05) is 0 Å². The molecular formula is C15H13Br. The molecule has 0 heterocycles. The zero-order valence-electron chi connectivity index (χ0n) is 9.15. The van der Waals surface area contributed by atoms with Gasteiger partial charge in [0.2, 0.25) is 0 Å². The Balaban J connectivity index is 2.28. The summed E-state index contributed by atoms with van der Waals surface area (Å²) in [6.45, 7) is 2.12. The predicted molar refractivity (Wildman–Crippen MR) is 74.2 cm³/mol. The Morgan fingerprint density at radius 1 is 0.875 bits per heavy atom. The summed E-state index contributed by atoms with van der Waals surface area (Å²) in [5.74, 6) is 0. The highest BCUT2D eigenvalue weighted by atomic mass is 79.9. The third kappa shape index (κ3) is 2.61. The molecule has 0 saturated heterocycles.